The van der Waals surface area contributed by atoms with Crippen LogP contribution in [-0.4, -0.2) is 96.1 Å². The van der Waals surface area contributed by atoms with Crippen molar-refractivity contribution >= 4 is 50.6 Å². The van der Waals surface area contributed by atoms with E-state index < -0.39 is 59.1 Å². The standard InChI is InChI=1S/C48H56F3N13O8S/c49-48(50,51)72-39-19-17-32(58-47(69)57-30-15-13-29(14-16-30)27-55-40-21-23-54-46(59-40)56-31-9-7-10-33(25-31)73(52,70)71)26-35(39)37-28-63(62-61-37)24-6-4-2-1-3-5-22-53-36-12-8-11-34-42(36)45(68)64(44(34)67)38-18-20-41(65)60-43(38)66/h7-17,19,21,23,25-26,28,38,41,43-45,53,60,65-68H,1-6,18,20,22,24,27H2,(H2,52,70,71)(H2,57,58,69)(H2,54,55,56,59). The number of hydrogen-bond acceptors (Lipinski definition) is 17. The molecule has 1 saturated heterocycles. The zero-order valence-electron chi connectivity index (χ0n) is 39.2. The normalized spacial score (nSPS) is 19.0. The molecule has 5 unspecified atom stereocenters. The molecule has 8 rings (SSSR count). The number of aliphatic hydroxyl groups excluding tert-OH is 4. The van der Waals surface area contributed by atoms with Crippen molar-refractivity contribution in [3.05, 3.63) is 120 Å². The number of alkyl halides is 3. The zero-order valence-corrected chi connectivity index (χ0v) is 40.0. The van der Waals surface area contributed by atoms with E-state index in [-0.39, 0.29) is 27.8 Å². The van der Waals surface area contributed by atoms with E-state index in [1.54, 1.807) is 53.2 Å². The Labute approximate surface area is 418 Å². The van der Waals surface area contributed by atoms with Gasteiger partial charge in [-0.2, -0.15) is 4.98 Å². The van der Waals surface area contributed by atoms with Crippen LogP contribution >= 0.6 is 0 Å². The molecular weight excluding hydrogens is 976 g/mol. The van der Waals surface area contributed by atoms with Crippen LogP contribution in [0.15, 0.2) is 108 Å². The highest BCUT2D eigenvalue weighted by Crippen LogP contribution is 2.46. The molecule has 73 heavy (non-hydrogen) atoms. The maximum absolute atomic E-state index is 13.5. The lowest BCUT2D eigenvalue weighted by molar-refractivity contribution is -0.274. The highest BCUT2D eigenvalue weighted by molar-refractivity contribution is 7.89. The molecule has 0 aliphatic carbocycles. The number of nitrogens with zero attached hydrogens (tertiary/aromatic N) is 6. The van der Waals surface area contributed by atoms with Gasteiger partial charge < -0.3 is 51.7 Å². The van der Waals surface area contributed by atoms with Crippen molar-refractivity contribution in [3.63, 3.8) is 0 Å². The highest BCUT2D eigenvalue weighted by Gasteiger charge is 2.45. The number of nitrogens with two attached hydrogens (primary N) is 1. The second kappa shape index (κ2) is 23.3. The number of benzene rings is 4. The predicted molar refractivity (Wildman–Crippen MR) is 264 cm³/mol. The predicted octanol–water partition coefficient (Wildman–Crippen LogP) is 6.42. The van der Waals surface area contributed by atoms with Gasteiger partial charge in [0, 0.05) is 65.3 Å². The first-order valence-electron chi connectivity index (χ1n) is 23.5. The average Bonchev–Trinajstić information content (AvgIpc) is 3.92. The molecule has 4 heterocycles. The highest BCUT2D eigenvalue weighted by atomic mass is 32.2. The molecule has 0 spiro atoms. The van der Waals surface area contributed by atoms with Crippen molar-refractivity contribution in [1.29, 1.82) is 0 Å². The van der Waals surface area contributed by atoms with Crippen LogP contribution < -0.4 is 41.8 Å². The summed E-state index contributed by atoms with van der Waals surface area (Å²) in [6, 6.07) is 22.3. The Bertz CT molecular complexity index is 2950. The maximum atomic E-state index is 13.5. The fourth-order valence-electron chi connectivity index (χ4n) is 8.72. The van der Waals surface area contributed by atoms with Crippen molar-refractivity contribution in [2.75, 3.05) is 33.1 Å². The second-order valence-corrected chi connectivity index (χ2v) is 19.1. The Morgan fingerprint density at radius 3 is 2.34 bits per heavy atom. The lowest BCUT2D eigenvalue weighted by Gasteiger charge is -2.40. The fraction of sp³-hybridized carbons (Fsp3) is 0.354. The van der Waals surface area contributed by atoms with Gasteiger partial charge in [-0.1, -0.05) is 61.2 Å². The second-order valence-electron chi connectivity index (χ2n) is 17.5. The van der Waals surface area contributed by atoms with Gasteiger partial charge in [-0.3, -0.25) is 10.00 Å². The van der Waals surface area contributed by atoms with Crippen LogP contribution in [-0.2, 0) is 23.1 Å². The average molecular weight is 1030 g/mol. The summed E-state index contributed by atoms with van der Waals surface area (Å²) in [4.78, 5) is 23.0. The van der Waals surface area contributed by atoms with Crippen LogP contribution in [0.2, 0.25) is 0 Å². The van der Waals surface area contributed by atoms with Gasteiger partial charge in [0.1, 0.15) is 42.2 Å². The summed E-state index contributed by atoms with van der Waals surface area (Å²) in [7, 11) is -3.90. The van der Waals surface area contributed by atoms with E-state index in [9.17, 15) is 46.8 Å². The topological polar surface area (TPSA) is 299 Å². The minimum atomic E-state index is -4.99. The van der Waals surface area contributed by atoms with Crippen molar-refractivity contribution in [2.45, 2.75) is 107 Å². The summed E-state index contributed by atoms with van der Waals surface area (Å²) in [5, 5.41) is 73.7. The molecule has 4 aromatic carbocycles. The van der Waals surface area contributed by atoms with Crippen molar-refractivity contribution < 1.29 is 51.5 Å². The van der Waals surface area contributed by atoms with E-state index in [4.69, 9.17) is 5.14 Å². The quantitative estimate of drug-likeness (QED) is 0.0347. The molecule has 0 bridgehead atoms. The first-order valence-corrected chi connectivity index (χ1v) is 25.1. The van der Waals surface area contributed by atoms with Crippen LogP contribution in [0.1, 0.15) is 80.5 Å². The number of primary sulfonamides is 1. The van der Waals surface area contributed by atoms with Gasteiger partial charge in [0.15, 0.2) is 0 Å². The van der Waals surface area contributed by atoms with Crippen LogP contribution in [0, 0.1) is 0 Å². The minimum Gasteiger partial charge on any atom is -0.405 e. The number of hydrogen-bond donors (Lipinski definition) is 11. The number of aliphatic hydroxyl groups is 4. The molecule has 5 atom stereocenters. The van der Waals surface area contributed by atoms with Crippen LogP contribution in [0.3, 0.4) is 0 Å². The summed E-state index contributed by atoms with van der Waals surface area (Å²) in [6.45, 7) is 1.46. The molecule has 2 aromatic heterocycles. The number of unbranched alkanes of at least 4 members (excludes halogenated alkanes) is 5. The van der Waals surface area contributed by atoms with Gasteiger partial charge in [0.2, 0.25) is 16.0 Å². The molecule has 2 amide bonds. The van der Waals surface area contributed by atoms with Gasteiger partial charge in [-0.15, -0.1) is 18.3 Å². The summed E-state index contributed by atoms with van der Waals surface area (Å²) in [5.41, 5.74) is 3.80. The molecule has 0 saturated carbocycles. The number of urea groups is 1. The third-order valence-electron chi connectivity index (χ3n) is 12.3. The number of carbonyl (C=O) groups is 1. The molecule has 2 aliphatic rings. The number of rotatable bonds is 21. The molecule has 21 nitrogen and oxygen atoms in total. The number of nitrogens with one attached hydrogen (secondary N) is 6. The first kappa shape index (κ1) is 52.4. The number of halogens is 3. The lowest BCUT2D eigenvalue weighted by atomic mass is 10.0. The summed E-state index contributed by atoms with van der Waals surface area (Å²) < 4.78 is 69.7. The van der Waals surface area contributed by atoms with E-state index in [1.165, 1.54) is 47.6 Å². The Morgan fingerprint density at radius 1 is 0.836 bits per heavy atom. The van der Waals surface area contributed by atoms with Crippen LogP contribution in [0.4, 0.5) is 52.5 Å². The molecule has 2 aliphatic heterocycles. The van der Waals surface area contributed by atoms with Gasteiger partial charge >= 0.3 is 12.4 Å². The van der Waals surface area contributed by atoms with Crippen molar-refractivity contribution in [2.24, 2.45) is 5.14 Å². The maximum Gasteiger partial charge on any atom is 0.573 e. The zero-order chi connectivity index (χ0) is 51.7. The van der Waals surface area contributed by atoms with E-state index in [0.29, 0.717) is 66.5 Å². The Balaban J connectivity index is 0.770. The van der Waals surface area contributed by atoms with Gasteiger partial charge in [0.05, 0.1) is 17.1 Å². The van der Waals surface area contributed by atoms with Crippen molar-refractivity contribution in [1.82, 2.24) is 35.2 Å². The fourth-order valence-corrected chi connectivity index (χ4v) is 9.28. The third kappa shape index (κ3) is 14.0. The Morgan fingerprint density at radius 2 is 1.58 bits per heavy atom. The first-order chi connectivity index (χ1) is 35.0. The molecule has 388 valence electrons. The van der Waals surface area contributed by atoms with Gasteiger partial charge in [0.25, 0.3) is 0 Å². The summed E-state index contributed by atoms with van der Waals surface area (Å²) >= 11 is 0. The number of piperidine rings is 1. The number of aromatic nitrogens is 5. The van der Waals surface area contributed by atoms with E-state index >= 15 is 0 Å². The smallest absolute Gasteiger partial charge is 0.405 e. The number of aryl methyl sites for hydroxylation is 1. The van der Waals surface area contributed by atoms with E-state index in [2.05, 4.69) is 56.9 Å². The Kier molecular flexibility index (Phi) is 16.7. The lowest BCUT2D eigenvalue weighted by Crippen LogP contribution is -2.57. The largest absolute Gasteiger partial charge is 0.573 e. The third-order valence-corrected chi connectivity index (χ3v) is 13.2. The molecule has 25 heteroatoms. The Hall–Kier alpha value is -6.97. The van der Waals surface area contributed by atoms with Crippen LogP contribution in [0.25, 0.3) is 11.3 Å². The number of carbonyl (C=O) groups excluding carboxylic acids is 1. The molecule has 1 fully saturated rings. The number of sulfonamides is 1. The number of anilines is 6. The molecule has 6 aromatic rings. The number of ether oxygens (including phenoxy) is 1. The minimum absolute atomic E-state index is 0.0285. The molecule has 0 radical (unpaired) electrons. The SMILES string of the molecule is NS(=O)(=O)c1cccc(Nc2nccc(NCc3ccc(NC(=O)Nc4ccc(OC(F)(F)F)c(-c5cn(CCCCCCCCNc6cccc7c6C(O)N(C6CCC(O)NC6O)C7O)nn5)c4)cc3)n2)c1. The van der Waals surface area contributed by atoms with Gasteiger partial charge in [-0.25, -0.2) is 28.2 Å². The van der Waals surface area contributed by atoms with E-state index in [0.717, 1.165) is 50.2 Å². The number of amides is 2. The molecular formula is C48H56F3N13O8S. The summed E-state index contributed by atoms with van der Waals surface area (Å²) in [5.74, 6) is 0.181. The monoisotopic (exact) mass is 1030 g/mol. The molecule has 12 N–H and O–H groups in total. The van der Waals surface area contributed by atoms with E-state index in [1.807, 2.05) is 6.07 Å². The van der Waals surface area contributed by atoms with Crippen LogP contribution in [0.5, 0.6) is 5.75 Å². The van der Waals surface area contributed by atoms with Gasteiger partial charge in [-0.05, 0) is 91.9 Å². The summed E-state index contributed by atoms with van der Waals surface area (Å²) in [6.07, 6.45) is -0.0903. The number of fused-ring (bicyclic) bond motifs is 1. The van der Waals surface area contributed by atoms with Crippen molar-refractivity contribution in [3.8, 4) is 17.0 Å².